The normalized spacial score (nSPS) is 10.7. The number of hydrogen-bond acceptors (Lipinski definition) is 5. The summed E-state index contributed by atoms with van der Waals surface area (Å²) in [5, 5.41) is 0.507. The van der Waals surface area contributed by atoms with Crippen LogP contribution in [0.2, 0.25) is 0 Å². The topological polar surface area (TPSA) is 52.3 Å². The third kappa shape index (κ3) is 3.08. The fourth-order valence-corrected chi connectivity index (χ4v) is 2.65. The molecule has 3 aromatic rings. The minimum atomic E-state index is 0.0150. The van der Waals surface area contributed by atoms with E-state index in [4.69, 9.17) is 9.15 Å². The first-order valence-electron chi connectivity index (χ1n) is 6.42. The van der Waals surface area contributed by atoms with Crippen molar-refractivity contribution < 1.29 is 13.9 Å². The van der Waals surface area contributed by atoms with Crippen molar-refractivity contribution in [3.8, 4) is 5.75 Å². The van der Waals surface area contributed by atoms with E-state index in [9.17, 15) is 4.79 Å². The van der Waals surface area contributed by atoms with Gasteiger partial charge in [-0.3, -0.25) is 4.79 Å². The van der Waals surface area contributed by atoms with Crippen molar-refractivity contribution in [2.75, 3.05) is 12.9 Å². The van der Waals surface area contributed by atoms with Gasteiger partial charge in [-0.25, -0.2) is 4.98 Å². The molecular formula is C16H13NO3S. The maximum atomic E-state index is 12.2. The molecule has 0 N–H and O–H groups in total. The summed E-state index contributed by atoms with van der Waals surface area (Å²) in [6, 6.07) is 14.7. The second kappa shape index (κ2) is 6.01. The van der Waals surface area contributed by atoms with Crippen molar-refractivity contribution in [2.45, 2.75) is 5.22 Å². The van der Waals surface area contributed by atoms with Gasteiger partial charge in [0.05, 0.1) is 12.9 Å². The van der Waals surface area contributed by atoms with Gasteiger partial charge < -0.3 is 9.15 Å². The number of benzene rings is 2. The molecule has 2 aromatic carbocycles. The molecule has 0 saturated carbocycles. The average molecular weight is 299 g/mol. The van der Waals surface area contributed by atoms with Crippen LogP contribution in [0.4, 0.5) is 0 Å². The van der Waals surface area contributed by atoms with Crippen LogP contribution in [-0.2, 0) is 0 Å². The van der Waals surface area contributed by atoms with Crippen molar-refractivity contribution in [1.29, 1.82) is 0 Å². The minimum absolute atomic E-state index is 0.0150. The molecule has 0 spiro atoms. The Labute approximate surface area is 126 Å². The van der Waals surface area contributed by atoms with Crippen LogP contribution in [-0.4, -0.2) is 23.6 Å². The van der Waals surface area contributed by atoms with Gasteiger partial charge in [-0.15, -0.1) is 0 Å². The molecule has 5 heteroatoms. The summed E-state index contributed by atoms with van der Waals surface area (Å²) >= 11 is 1.29. The Hall–Kier alpha value is -2.27. The number of methoxy groups -OCH3 is 1. The predicted octanol–water partition coefficient (Wildman–Crippen LogP) is 3.81. The van der Waals surface area contributed by atoms with Crippen LogP contribution in [0.3, 0.4) is 0 Å². The molecule has 0 amide bonds. The summed E-state index contributed by atoms with van der Waals surface area (Å²) in [7, 11) is 1.58. The molecule has 0 unspecified atom stereocenters. The van der Waals surface area contributed by atoms with Crippen LogP contribution in [0.15, 0.2) is 58.2 Å². The van der Waals surface area contributed by atoms with E-state index in [2.05, 4.69) is 4.98 Å². The van der Waals surface area contributed by atoms with Crippen LogP contribution in [0.5, 0.6) is 5.75 Å². The molecule has 0 radical (unpaired) electrons. The fraction of sp³-hybridized carbons (Fsp3) is 0.125. The number of aromatic nitrogens is 1. The molecule has 3 rings (SSSR count). The second-order valence-electron chi connectivity index (χ2n) is 4.39. The third-order valence-corrected chi connectivity index (χ3v) is 3.82. The lowest BCUT2D eigenvalue weighted by molar-refractivity contribution is 0.102. The summed E-state index contributed by atoms with van der Waals surface area (Å²) < 4.78 is 10.7. The highest BCUT2D eigenvalue weighted by Gasteiger charge is 2.11. The van der Waals surface area contributed by atoms with Gasteiger partial charge in [0.2, 0.25) is 0 Å². The molecular weight excluding hydrogens is 286 g/mol. The van der Waals surface area contributed by atoms with E-state index in [1.165, 1.54) is 11.8 Å². The van der Waals surface area contributed by atoms with E-state index in [0.717, 1.165) is 11.1 Å². The summed E-state index contributed by atoms with van der Waals surface area (Å²) in [6.45, 7) is 0. The quantitative estimate of drug-likeness (QED) is 0.529. The van der Waals surface area contributed by atoms with Gasteiger partial charge in [0.15, 0.2) is 11.4 Å². The molecule has 106 valence electrons. The first-order chi connectivity index (χ1) is 10.3. The molecule has 4 nitrogen and oxygen atoms in total. The molecule has 0 saturated heterocycles. The summed E-state index contributed by atoms with van der Waals surface area (Å²) in [4.78, 5) is 16.5. The number of para-hydroxylation sites is 2. The number of ether oxygens (including phenoxy) is 1. The highest BCUT2D eigenvalue weighted by atomic mass is 32.2. The number of rotatable bonds is 5. The van der Waals surface area contributed by atoms with E-state index in [0.29, 0.717) is 16.5 Å². The number of thioether (sulfide) groups is 1. The van der Waals surface area contributed by atoms with Crippen molar-refractivity contribution in [3.05, 3.63) is 54.1 Å². The van der Waals surface area contributed by atoms with Gasteiger partial charge in [-0.2, -0.15) is 0 Å². The minimum Gasteiger partial charge on any atom is -0.497 e. The van der Waals surface area contributed by atoms with Gasteiger partial charge in [-0.05, 0) is 24.3 Å². The lowest BCUT2D eigenvalue weighted by Gasteiger charge is -2.02. The van der Waals surface area contributed by atoms with Crippen molar-refractivity contribution in [3.63, 3.8) is 0 Å². The zero-order valence-electron chi connectivity index (χ0n) is 11.4. The van der Waals surface area contributed by atoms with Crippen LogP contribution in [0.1, 0.15) is 10.4 Å². The maximum absolute atomic E-state index is 12.2. The Balaban J connectivity index is 1.70. The summed E-state index contributed by atoms with van der Waals surface area (Å²) in [5.74, 6) is 0.967. The summed E-state index contributed by atoms with van der Waals surface area (Å²) in [6.07, 6.45) is 0. The first-order valence-corrected chi connectivity index (χ1v) is 7.40. The van der Waals surface area contributed by atoms with Crippen LogP contribution in [0, 0.1) is 0 Å². The molecule has 0 fully saturated rings. The number of carbonyl (C=O) groups excluding carboxylic acids is 1. The van der Waals surface area contributed by atoms with Crippen LogP contribution < -0.4 is 4.74 Å². The van der Waals surface area contributed by atoms with Gasteiger partial charge in [-0.1, -0.05) is 36.0 Å². The molecule has 0 aliphatic rings. The van der Waals surface area contributed by atoms with Crippen molar-refractivity contribution in [2.24, 2.45) is 0 Å². The van der Waals surface area contributed by atoms with Gasteiger partial charge in [0.25, 0.3) is 5.22 Å². The average Bonchev–Trinajstić information content (AvgIpc) is 2.95. The Morgan fingerprint density at radius 3 is 2.90 bits per heavy atom. The lowest BCUT2D eigenvalue weighted by Crippen LogP contribution is -2.02. The van der Waals surface area contributed by atoms with Gasteiger partial charge in [0.1, 0.15) is 11.3 Å². The van der Waals surface area contributed by atoms with E-state index >= 15 is 0 Å². The largest absolute Gasteiger partial charge is 0.497 e. The Morgan fingerprint density at radius 2 is 2.10 bits per heavy atom. The maximum Gasteiger partial charge on any atom is 0.257 e. The van der Waals surface area contributed by atoms with Crippen molar-refractivity contribution >= 4 is 28.6 Å². The van der Waals surface area contributed by atoms with Crippen LogP contribution >= 0.6 is 11.8 Å². The second-order valence-corrected chi connectivity index (χ2v) is 5.32. The molecule has 0 atom stereocenters. The highest BCUT2D eigenvalue weighted by molar-refractivity contribution is 7.99. The smallest absolute Gasteiger partial charge is 0.257 e. The number of Topliss-reactive ketones (excluding diaryl/α,β-unsaturated/α-hetero) is 1. The standard InChI is InChI=1S/C16H13NO3S/c1-19-12-6-4-5-11(9-12)14(18)10-21-16-17-13-7-2-3-8-15(13)20-16/h2-9H,10H2,1H3. The Bertz CT molecular complexity index is 749. The number of ketones is 1. The zero-order chi connectivity index (χ0) is 14.7. The number of nitrogens with zero attached hydrogens (tertiary/aromatic N) is 1. The molecule has 21 heavy (non-hydrogen) atoms. The predicted molar refractivity (Wildman–Crippen MR) is 82.1 cm³/mol. The Morgan fingerprint density at radius 1 is 1.24 bits per heavy atom. The number of carbonyl (C=O) groups is 1. The first kappa shape index (κ1) is 13.7. The highest BCUT2D eigenvalue weighted by Crippen LogP contribution is 2.24. The molecule has 1 heterocycles. The summed E-state index contributed by atoms with van der Waals surface area (Å²) in [5.41, 5.74) is 2.15. The van der Waals surface area contributed by atoms with E-state index < -0.39 is 0 Å². The van der Waals surface area contributed by atoms with Crippen LogP contribution in [0.25, 0.3) is 11.1 Å². The molecule has 0 bridgehead atoms. The molecule has 1 aromatic heterocycles. The third-order valence-electron chi connectivity index (χ3n) is 2.99. The number of oxazole rings is 1. The van der Waals surface area contributed by atoms with Crippen molar-refractivity contribution in [1.82, 2.24) is 4.98 Å². The monoisotopic (exact) mass is 299 g/mol. The SMILES string of the molecule is COc1cccc(C(=O)CSc2nc3ccccc3o2)c1. The van der Waals surface area contributed by atoms with E-state index in [1.54, 1.807) is 25.3 Å². The number of hydrogen-bond donors (Lipinski definition) is 0. The fourth-order valence-electron chi connectivity index (χ4n) is 1.92. The van der Waals surface area contributed by atoms with E-state index in [-0.39, 0.29) is 11.5 Å². The van der Waals surface area contributed by atoms with Gasteiger partial charge in [0, 0.05) is 5.56 Å². The van der Waals surface area contributed by atoms with E-state index in [1.807, 2.05) is 30.3 Å². The number of fused-ring (bicyclic) bond motifs is 1. The zero-order valence-corrected chi connectivity index (χ0v) is 12.2. The van der Waals surface area contributed by atoms with Gasteiger partial charge >= 0.3 is 0 Å². The molecule has 0 aliphatic carbocycles. The molecule has 0 aliphatic heterocycles. The Kier molecular flexibility index (Phi) is 3.92. The lowest BCUT2D eigenvalue weighted by atomic mass is 10.1.